The van der Waals surface area contributed by atoms with E-state index >= 15 is 0 Å². The van der Waals surface area contributed by atoms with Gasteiger partial charge < -0.3 is 0 Å². The lowest BCUT2D eigenvalue weighted by molar-refractivity contribution is 0.417. The van der Waals surface area contributed by atoms with Crippen molar-refractivity contribution in [1.29, 1.82) is 5.26 Å². The summed E-state index contributed by atoms with van der Waals surface area (Å²) in [7, 11) is 0. The van der Waals surface area contributed by atoms with E-state index in [0.717, 1.165) is 0 Å². The van der Waals surface area contributed by atoms with Gasteiger partial charge in [-0.3, -0.25) is 4.90 Å². The molecule has 1 unspecified atom stereocenters. The molecule has 2 heteroatoms. The smallest absolute Gasteiger partial charge is 0.114 e. The number of nitriles is 1. The average molecular weight is 124 g/mol. The van der Waals surface area contributed by atoms with Crippen molar-refractivity contribution in [3.05, 3.63) is 0 Å². The molecule has 9 heavy (non-hydrogen) atoms. The summed E-state index contributed by atoms with van der Waals surface area (Å²) in [5.74, 6) is 0. The maximum absolute atomic E-state index is 8.50. The minimum atomic E-state index is 0.199. The van der Waals surface area contributed by atoms with Gasteiger partial charge in [-0.1, -0.05) is 0 Å². The molecule has 1 rings (SSSR count). The maximum atomic E-state index is 8.50. The first-order chi connectivity index (χ1) is 4.18. The molecule has 1 saturated heterocycles. The van der Waals surface area contributed by atoms with Gasteiger partial charge in [-0.25, -0.2) is 0 Å². The van der Waals surface area contributed by atoms with Crippen LogP contribution in [0.5, 0.6) is 0 Å². The van der Waals surface area contributed by atoms with Crippen LogP contribution in [0.2, 0.25) is 0 Å². The van der Waals surface area contributed by atoms with Gasteiger partial charge in [0.1, 0.15) is 6.04 Å². The van der Waals surface area contributed by atoms with Gasteiger partial charge in [0.15, 0.2) is 0 Å². The van der Waals surface area contributed by atoms with Gasteiger partial charge in [-0.2, -0.15) is 5.26 Å². The van der Waals surface area contributed by atoms with Crippen molar-refractivity contribution in [3.8, 4) is 6.07 Å². The minimum absolute atomic E-state index is 0.199. The second kappa shape index (κ2) is 2.00. The third kappa shape index (κ3) is 0.927. The highest BCUT2D eigenvalue weighted by atomic mass is 15.4. The summed E-state index contributed by atoms with van der Waals surface area (Å²) in [6.07, 6.45) is 0. The molecule has 0 N–H and O–H groups in total. The number of nitrogens with zero attached hydrogens (tertiary/aromatic N) is 2. The van der Waals surface area contributed by atoms with Crippen LogP contribution in [0.4, 0.5) is 0 Å². The first-order valence-corrected chi connectivity index (χ1v) is 3.35. The van der Waals surface area contributed by atoms with E-state index in [-0.39, 0.29) is 6.04 Å². The molecule has 0 aromatic heterocycles. The van der Waals surface area contributed by atoms with Crippen LogP contribution in [-0.4, -0.2) is 23.0 Å². The predicted octanol–water partition coefficient (Wildman–Crippen LogP) is 0.991. The Morgan fingerprint density at radius 2 is 2.11 bits per heavy atom. The molecule has 50 valence electrons. The van der Waals surface area contributed by atoms with Gasteiger partial charge in [0, 0.05) is 12.1 Å². The Bertz CT molecular complexity index is 145. The molecule has 0 spiro atoms. The second-order valence-electron chi connectivity index (χ2n) is 2.86. The normalized spacial score (nSPS) is 40.6. The number of rotatable bonds is 1. The van der Waals surface area contributed by atoms with E-state index in [2.05, 4.69) is 31.7 Å². The summed E-state index contributed by atoms with van der Waals surface area (Å²) in [6.45, 7) is 6.33. The highest BCUT2D eigenvalue weighted by molar-refractivity contribution is 5.13. The summed E-state index contributed by atoms with van der Waals surface area (Å²) >= 11 is 0. The van der Waals surface area contributed by atoms with Crippen LogP contribution >= 0.6 is 0 Å². The molecule has 1 fully saturated rings. The molecule has 0 aromatic carbocycles. The zero-order chi connectivity index (χ0) is 7.02. The van der Waals surface area contributed by atoms with Crippen molar-refractivity contribution in [2.24, 2.45) is 0 Å². The van der Waals surface area contributed by atoms with Crippen molar-refractivity contribution < 1.29 is 0 Å². The lowest BCUT2D eigenvalue weighted by Crippen LogP contribution is -2.11. The topological polar surface area (TPSA) is 26.8 Å². The fourth-order valence-electron chi connectivity index (χ4n) is 1.34. The third-order valence-electron chi connectivity index (χ3n) is 1.89. The molecule has 1 heterocycles. The first kappa shape index (κ1) is 6.57. The monoisotopic (exact) mass is 124 g/mol. The fraction of sp³-hybridized carbons (Fsp3) is 0.857. The lowest BCUT2D eigenvalue weighted by atomic mass is 10.4. The van der Waals surface area contributed by atoms with Gasteiger partial charge in [0.05, 0.1) is 6.07 Å². The standard InChI is InChI=1S/C7H12N2/c1-5(2)9-6(3)7(9)4-8/h5-7H,1-3H3/t6-,7-,9?/m0/s1. The quantitative estimate of drug-likeness (QED) is 0.487. The van der Waals surface area contributed by atoms with E-state index < -0.39 is 0 Å². The molecule has 0 bridgehead atoms. The average Bonchev–Trinajstić information content (AvgIpc) is 2.40. The van der Waals surface area contributed by atoms with Crippen LogP contribution in [-0.2, 0) is 0 Å². The Hall–Kier alpha value is -0.550. The largest absolute Gasteiger partial charge is 0.279 e. The van der Waals surface area contributed by atoms with Crippen LogP contribution < -0.4 is 0 Å². The van der Waals surface area contributed by atoms with Gasteiger partial charge >= 0.3 is 0 Å². The van der Waals surface area contributed by atoms with E-state index in [0.29, 0.717) is 12.1 Å². The Labute approximate surface area is 56.1 Å². The summed E-state index contributed by atoms with van der Waals surface area (Å²) in [5.41, 5.74) is 0. The molecule has 0 radical (unpaired) electrons. The van der Waals surface area contributed by atoms with Gasteiger partial charge in [-0.15, -0.1) is 0 Å². The summed E-state index contributed by atoms with van der Waals surface area (Å²) < 4.78 is 0. The highest BCUT2D eigenvalue weighted by Gasteiger charge is 2.45. The van der Waals surface area contributed by atoms with Crippen LogP contribution in [0.3, 0.4) is 0 Å². The SMILES string of the molecule is CC(C)N1[C@@H](C)[C@@H]1C#N. The zero-order valence-electron chi connectivity index (χ0n) is 6.13. The molecular weight excluding hydrogens is 112 g/mol. The van der Waals surface area contributed by atoms with Crippen LogP contribution in [0.25, 0.3) is 0 Å². The third-order valence-corrected chi connectivity index (χ3v) is 1.89. The Balaban J connectivity index is 2.44. The zero-order valence-corrected chi connectivity index (χ0v) is 6.13. The molecule has 1 aliphatic rings. The molecular formula is C7H12N2. The van der Waals surface area contributed by atoms with Gasteiger partial charge in [-0.05, 0) is 20.8 Å². The number of hydrogen-bond donors (Lipinski definition) is 0. The van der Waals surface area contributed by atoms with Crippen molar-refractivity contribution in [2.45, 2.75) is 38.9 Å². The van der Waals surface area contributed by atoms with Crippen LogP contribution in [0, 0.1) is 11.3 Å². The van der Waals surface area contributed by atoms with E-state index in [9.17, 15) is 0 Å². The van der Waals surface area contributed by atoms with Crippen LogP contribution in [0.15, 0.2) is 0 Å². The predicted molar refractivity (Wildman–Crippen MR) is 35.8 cm³/mol. The van der Waals surface area contributed by atoms with Crippen molar-refractivity contribution in [1.82, 2.24) is 4.90 Å². The number of hydrogen-bond acceptors (Lipinski definition) is 2. The molecule has 0 saturated carbocycles. The molecule has 0 aliphatic carbocycles. The van der Waals surface area contributed by atoms with Gasteiger partial charge in [0.25, 0.3) is 0 Å². The minimum Gasteiger partial charge on any atom is -0.279 e. The molecule has 1 aliphatic heterocycles. The van der Waals surface area contributed by atoms with E-state index in [1.54, 1.807) is 0 Å². The Kier molecular flexibility index (Phi) is 1.46. The first-order valence-electron chi connectivity index (χ1n) is 3.35. The van der Waals surface area contributed by atoms with E-state index in [1.165, 1.54) is 0 Å². The molecule has 2 nitrogen and oxygen atoms in total. The van der Waals surface area contributed by atoms with Crippen molar-refractivity contribution in [2.75, 3.05) is 0 Å². The van der Waals surface area contributed by atoms with Crippen LogP contribution in [0.1, 0.15) is 20.8 Å². The summed E-state index contributed by atoms with van der Waals surface area (Å²) in [5, 5.41) is 8.50. The Morgan fingerprint density at radius 3 is 2.22 bits per heavy atom. The second-order valence-corrected chi connectivity index (χ2v) is 2.86. The van der Waals surface area contributed by atoms with E-state index in [1.807, 2.05) is 0 Å². The molecule has 3 atom stereocenters. The van der Waals surface area contributed by atoms with Crippen molar-refractivity contribution in [3.63, 3.8) is 0 Å². The molecule has 0 aromatic rings. The molecule has 0 amide bonds. The Morgan fingerprint density at radius 1 is 1.56 bits per heavy atom. The summed E-state index contributed by atoms with van der Waals surface area (Å²) in [6, 6.07) is 3.47. The summed E-state index contributed by atoms with van der Waals surface area (Å²) in [4.78, 5) is 2.19. The van der Waals surface area contributed by atoms with Gasteiger partial charge in [0.2, 0.25) is 0 Å². The lowest BCUT2D eigenvalue weighted by Gasteiger charge is -2.03. The maximum Gasteiger partial charge on any atom is 0.114 e. The highest BCUT2D eigenvalue weighted by Crippen LogP contribution is 2.29. The van der Waals surface area contributed by atoms with E-state index in [4.69, 9.17) is 5.26 Å². The van der Waals surface area contributed by atoms with Crippen molar-refractivity contribution >= 4 is 0 Å². The fourth-order valence-corrected chi connectivity index (χ4v) is 1.34.